The van der Waals surface area contributed by atoms with Crippen molar-refractivity contribution in [3.63, 3.8) is 0 Å². The van der Waals surface area contributed by atoms with E-state index in [0.717, 1.165) is 64.3 Å². The normalized spacial score (nSPS) is 12.0. The van der Waals surface area contributed by atoms with E-state index in [0.29, 0.717) is 19.8 Å². The van der Waals surface area contributed by atoms with Crippen LogP contribution in [0.25, 0.3) is 11.1 Å². The average molecular weight is 858 g/mol. The van der Waals surface area contributed by atoms with E-state index in [1.807, 2.05) is 34.6 Å². The molecule has 0 saturated heterocycles. The Morgan fingerprint density at radius 1 is 0.410 bits per heavy atom. The third kappa shape index (κ3) is 38.2. The van der Waals surface area contributed by atoms with Crippen LogP contribution in [-0.4, -0.2) is 68.6 Å². The van der Waals surface area contributed by atoms with Gasteiger partial charge in [0.25, 0.3) is 0 Å². The number of unbranched alkanes of at least 4 members (excludes halogenated alkanes) is 24. The van der Waals surface area contributed by atoms with Crippen molar-refractivity contribution in [1.29, 1.82) is 0 Å². The van der Waals surface area contributed by atoms with Crippen molar-refractivity contribution in [3.05, 3.63) is 54.1 Å². The van der Waals surface area contributed by atoms with E-state index in [4.69, 9.17) is 24.7 Å². The lowest BCUT2D eigenvalue weighted by Gasteiger charge is -2.09. The summed E-state index contributed by atoms with van der Waals surface area (Å²) < 4.78 is 23.0. The molecule has 7 heteroatoms. The maximum Gasteiger partial charge on any atom is 0.119 e. The Hall–Kier alpha value is -2.00. The summed E-state index contributed by atoms with van der Waals surface area (Å²) in [6.45, 7) is 15.0. The Morgan fingerprint density at radius 2 is 0.721 bits per heavy atom. The molecule has 2 aromatic rings. The monoisotopic (exact) mass is 858 g/mol. The molecule has 0 aliphatic rings. The molecule has 0 aliphatic heterocycles. The van der Waals surface area contributed by atoms with Crippen LogP contribution in [0, 0.1) is 0 Å². The first-order valence-corrected chi connectivity index (χ1v) is 25.7. The van der Waals surface area contributed by atoms with Gasteiger partial charge >= 0.3 is 0 Å². The summed E-state index contributed by atoms with van der Waals surface area (Å²) in [4.78, 5) is 0. The number of aliphatic hydroxyl groups excluding tert-OH is 2. The van der Waals surface area contributed by atoms with Gasteiger partial charge in [-0.2, -0.15) is 0 Å². The molecule has 0 bridgehead atoms. The highest BCUT2D eigenvalue weighted by Gasteiger charge is 2.03. The van der Waals surface area contributed by atoms with Crippen LogP contribution in [-0.2, 0) is 20.8 Å². The molecule has 0 fully saturated rings. The quantitative estimate of drug-likeness (QED) is 0.0571. The molecular weight excluding hydrogens is 759 g/mol. The number of hydrogen-bond donors (Lipinski definition) is 3. The predicted molar refractivity (Wildman–Crippen MR) is 263 cm³/mol. The molecule has 2 aromatic carbocycles. The van der Waals surface area contributed by atoms with E-state index in [1.165, 1.54) is 158 Å². The highest BCUT2D eigenvalue weighted by atomic mass is 16.5. The van der Waals surface area contributed by atoms with Crippen LogP contribution in [0.15, 0.2) is 48.5 Å². The number of aliphatic hydroxyl groups is 2. The highest BCUT2D eigenvalue weighted by molar-refractivity contribution is 5.64. The van der Waals surface area contributed by atoms with E-state index < -0.39 is 6.10 Å². The van der Waals surface area contributed by atoms with Crippen LogP contribution >= 0.6 is 0 Å². The van der Waals surface area contributed by atoms with Crippen LogP contribution < -0.4 is 10.5 Å². The summed E-state index contributed by atoms with van der Waals surface area (Å²) in [5.74, 6) is 0.959. The van der Waals surface area contributed by atoms with Gasteiger partial charge in [-0.3, -0.25) is 0 Å². The van der Waals surface area contributed by atoms with Gasteiger partial charge in [-0.05, 0) is 60.9 Å². The van der Waals surface area contributed by atoms with Crippen molar-refractivity contribution in [3.8, 4) is 16.9 Å². The number of ether oxygens (including phenoxy) is 4. The molecule has 0 aromatic heterocycles. The Kier molecular flexibility index (Phi) is 45.9. The molecule has 4 N–H and O–H groups in total. The van der Waals surface area contributed by atoms with Gasteiger partial charge in [-0.1, -0.05) is 212 Å². The molecule has 61 heavy (non-hydrogen) atoms. The van der Waals surface area contributed by atoms with Crippen LogP contribution in [0.5, 0.6) is 5.75 Å². The Morgan fingerprint density at radius 3 is 1.08 bits per heavy atom. The molecule has 0 spiro atoms. The summed E-state index contributed by atoms with van der Waals surface area (Å²) in [5, 5.41) is 18.9. The Balaban J connectivity index is 0.00000872. The topological polar surface area (TPSA) is 103 Å². The van der Waals surface area contributed by atoms with Gasteiger partial charge in [0.2, 0.25) is 0 Å². The fraction of sp³-hybridized carbons (Fsp3) is 0.778. The molecule has 356 valence electrons. The summed E-state index contributed by atoms with van der Waals surface area (Å²) >= 11 is 0. The van der Waals surface area contributed by atoms with E-state index in [-0.39, 0.29) is 12.6 Å². The zero-order chi connectivity index (χ0) is 44.7. The largest absolute Gasteiger partial charge is 0.494 e. The SMILES string of the molecule is CC.CC.CCC(O)COCCCCCCCCCCCCCCCOCc1ccc(-c2ccc(OCCCCCCCCCCCCCCCOCC(O)CN)cc2)cc1. The van der Waals surface area contributed by atoms with Crippen LogP contribution in [0.2, 0.25) is 0 Å². The molecular formula is C54H99NO6. The van der Waals surface area contributed by atoms with Crippen molar-refractivity contribution < 1.29 is 29.2 Å². The van der Waals surface area contributed by atoms with Gasteiger partial charge in [0, 0.05) is 26.4 Å². The number of hydrogen-bond acceptors (Lipinski definition) is 7. The number of rotatable bonds is 42. The van der Waals surface area contributed by atoms with E-state index in [1.54, 1.807) is 0 Å². The zero-order valence-corrected chi connectivity index (χ0v) is 40.6. The fourth-order valence-electron chi connectivity index (χ4n) is 7.15. The lowest BCUT2D eigenvalue weighted by Crippen LogP contribution is -2.25. The number of nitrogens with two attached hydrogens (primary N) is 1. The van der Waals surface area contributed by atoms with Crippen molar-refractivity contribution in [2.75, 3.05) is 46.2 Å². The van der Waals surface area contributed by atoms with Crippen LogP contribution in [0.3, 0.4) is 0 Å². The first kappa shape index (κ1) is 59.0. The van der Waals surface area contributed by atoms with Gasteiger partial charge in [-0.25, -0.2) is 0 Å². The smallest absolute Gasteiger partial charge is 0.119 e. The van der Waals surface area contributed by atoms with E-state index in [9.17, 15) is 10.2 Å². The third-order valence-electron chi connectivity index (χ3n) is 11.1. The van der Waals surface area contributed by atoms with Crippen LogP contribution in [0.1, 0.15) is 214 Å². The summed E-state index contributed by atoms with van der Waals surface area (Å²) in [5.41, 5.74) is 9.06. The second kappa shape index (κ2) is 47.5. The maximum atomic E-state index is 9.49. The Labute approximate surface area is 377 Å². The van der Waals surface area contributed by atoms with Crippen LogP contribution in [0.4, 0.5) is 0 Å². The molecule has 0 aliphatic carbocycles. The predicted octanol–water partition coefficient (Wildman–Crippen LogP) is 14.6. The van der Waals surface area contributed by atoms with Crippen molar-refractivity contribution >= 4 is 0 Å². The van der Waals surface area contributed by atoms with Gasteiger partial charge in [-0.15, -0.1) is 0 Å². The fourth-order valence-corrected chi connectivity index (χ4v) is 7.15. The first-order valence-electron chi connectivity index (χ1n) is 25.7. The summed E-state index contributed by atoms with van der Waals surface area (Å²) in [6, 6.07) is 17.3. The molecule has 0 radical (unpaired) electrons. The van der Waals surface area contributed by atoms with Crippen molar-refractivity contribution in [1.82, 2.24) is 0 Å². The maximum absolute atomic E-state index is 9.49. The van der Waals surface area contributed by atoms with Crippen molar-refractivity contribution in [2.45, 2.75) is 227 Å². The van der Waals surface area contributed by atoms with Gasteiger partial charge in [0.1, 0.15) is 5.75 Å². The Bertz CT molecular complexity index is 1110. The standard InChI is InChI=1S/C50H87NO6.2C2H6/c1-2-48(52)43-55-38-26-22-18-14-10-6-3-5-9-13-17-21-25-37-54-42-45-29-31-46(32-30-45)47-33-35-50(36-34-47)57-40-28-24-20-16-12-8-4-7-11-15-19-23-27-39-56-44-49(53)41-51;2*1-2/h29-36,48-49,52-53H,2-28,37-44,51H2,1H3;2*1-2H3. The molecule has 2 unspecified atom stereocenters. The van der Waals surface area contributed by atoms with Gasteiger partial charge in [0.05, 0.1) is 38.6 Å². The molecule has 0 amide bonds. The lowest BCUT2D eigenvalue weighted by molar-refractivity contribution is 0.0335. The average Bonchev–Trinajstić information content (AvgIpc) is 3.30. The second-order valence-electron chi connectivity index (χ2n) is 16.4. The molecule has 0 heterocycles. The minimum Gasteiger partial charge on any atom is -0.494 e. The van der Waals surface area contributed by atoms with Gasteiger partial charge < -0.3 is 34.9 Å². The second-order valence-corrected chi connectivity index (χ2v) is 16.4. The highest BCUT2D eigenvalue weighted by Crippen LogP contribution is 2.24. The summed E-state index contributed by atoms with van der Waals surface area (Å²) in [7, 11) is 0. The molecule has 7 nitrogen and oxygen atoms in total. The van der Waals surface area contributed by atoms with Gasteiger partial charge in [0.15, 0.2) is 0 Å². The zero-order valence-electron chi connectivity index (χ0n) is 40.6. The minimum atomic E-state index is -0.519. The number of benzene rings is 2. The third-order valence-corrected chi connectivity index (χ3v) is 11.1. The molecule has 2 rings (SSSR count). The first-order chi connectivity index (χ1) is 30.1. The van der Waals surface area contributed by atoms with Crippen molar-refractivity contribution in [2.24, 2.45) is 5.73 Å². The van der Waals surface area contributed by atoms with E-state index in [2.05, 4.69) is 48.5 Å². The summed E-state index contributed by atoms with van der Waals surface area (Å²) in [6.07, 6.45) is 33.7. The molecule has 0 saturated carbocycles. The molecule has 2 atom stereocenters. The minimum absolute atomic E-state index is 0.274. The van der Waals surface area contributed by atoms with E-state index >= 15 is 0 Å². The lowest BCUT2D eigenvalue weighted by atomic mass is 10.0.